The molecule has 0 spiro atoms. The first-order valence-corrected chi connectivity index (χ1v) is 9.38. The molecular formula is C19H19Cl2N5O4. The number of aliphatic carboxylic acids is 1. The van der Waals surface area contributed by atoms with E-state index in [2.05, 4.69) is 21.1 Å². The Bertz CT molecular complexity index is 968. The van der Waals surface area contributed by atoms with Crippen molar-refractivity contribution >= 4 is 53.0 Å². The molecule has 1 unspecified atom stereocenters. The first kappa shape index (κ1) is 23.0. The van der Waals surface area contributed by atoms with E-state index >= 15 is 0 Å². The molecule has 0 saturated heterocycles. The molecular weight excluding hydrogens is 433 g/mol. The summed E-state index contributed by atoms with van der Waals surface area (Å²) in [6, 6.07) is 10.2. The average molecular weight is 452 g/mol. The van der Waals surface area contributed by atoms with Crippen LogP contribution in [0.5, 0.6) is 0 Å². The zero-order valence-corrected chi connectivity index (χ0v) is 17.1. The van der Waals surface area contributed by atoms with E-state index in [1.54, 1.807) is 30.3 Å². The van der Waals surface area contributed by atoms with Gasteiger partial charge in [0.2, 0.25) is 5.91 Å². The van der Waals surface area contributed by atoms with Crippen LogP contribution in [0.4, 0.5) is 5.69 Å². The van der Waals surface area contributed by atoms with Crippen molar-refractivity contribution in [2.45, 2.75) is 12.5 Å². The molecule has 2 amide bonds. The number of hydrogen-bond acceptors (Lipinski definition) is 5. The molecule has 0 saturated carbocycles. The van der Waals surface area contributed by atoms with Crippen molar-refractivity contribution in [3.63, 3.8) is 0 Å². The number of nitrogens with one attached hydrogen (secondary N) is 3. The average Bonchev–Trinajstić information content (AvgIpc) is 2.72. The molecule has 0 aliphatic heterocycles. The van der Waals surface area contributed by atoms with Crippen molar-refractivity contribution in [2.24, 2.45) is 10.9 Å². The van der Waals surface area contributed by atoms with Crippen LogP contribution in [-0.4, -0.2) is 35.8 Å². The zero-order chi connectivity index (χ0) is 22.1. The van der Waals surface area contributed by atoms with Crippen LogP contribution < -0.4 is 21.8 Å². The van der Waals surface area contributed by atoms with Gasteiger partial charge in [-0.1, -0.05) is 35.3 Å². The highest BCUT2D eigenvalue weighted by atomic mass is 35.5. The van der Waals surface area contributed by atoms with E-state index in [1.165, 1.54) is 18.5 Å². The van der Waals surface area contributed by atoms with E-state index in [0.29, 0.717) is 21.8 Å². The summed E-state index contributed by atoms with van der Waals surface area (Å²) in [6.45, 7) is -0.349. The third kappa shape index (κ3) is 6.94. The van der Waals surface area contributed by atoms with Gasteiger partial charge in [-0.2, -0.15) is 5.10 Å². The molecule has 0 fully saturated rings. The first-order chi connectivity index (χ1) is 14.3. The molecule has 9 nitrogen and oxygen atoms in total. The fourth-order valence-electron chi connectivity index (χ4n) is 2.53. The quantitative estimate of drug-likeness (QED) is 0.171. The van der Waals surface area contributed by atoms with Crippen molar-refractivity contribution in [3.05, 3.63) is 63.6 Å². The highest BCUT2D eigenvalue weighted by Crippen LogP contribution is 2.27. The van der Waals surface area contributed by atoms with Crippen molar-refractivity contribution < 1.29 is 19.5 Å². The lowest BCUT2D eigenvalue weighted by Gasteiger charge is -2.18. The van der Waals surface area contributed by atoms with Crippen molar-refractivity contribution in [2.75, 3.05) is 11.9 Å². The number of anilines is 1. The Morgan fingerprint density at radius 1 is 1.13 bits per heavy atom. The van der Waals surface area contributed by atoms with Gasteiger partial charge in [0.25, 0.3) is 5.91 Å². The van der Waals surface area contributed by atoms with Gasteiger partial charge in [0.05, 0.1) is 29.1 Å². The third-order valence-electron chi connectivity index (χ3n) is 3.90. The summed E-state index contributed by atoms with van der Waals surface area (Å²) in [5.41, 5.74) is 1.37. The first-order valence-electron chi connectivity index (χ1n) is 8.62. The number of amides is 2. The molecule has 2 aromatic rings. The normalized spacial score (nSPS) is 11.7. The van der Waals surface area contributed by atoms with Gasteiger partial charge in [-0.15, -0.1) is 0 Å². The van der Waals surface area contributed by atoms with Gasteiger partial charge in [-0.05, 0) is 35.9 Å². The van der Waals surface area contributed by atoms with Gasteiger partial charge in [-0.3, -0.25) is 14.4 Å². The zero-order valence-electron chi connectivity index (χ0n) is 15.6. The van der Waals surface area contributed by atoms with Gasteiger partial charge in [-0.25, -0.2) is 0 Å². The number of carbonyl (C=O) groups is 3. The molecule has 0 heterocycles. The Kier molecular flexibility index (Phi) is 8.45. The largest absolute Gasteiger partial charge is 0.481 e. The van der Waals surface area contributed by atoms with E-state index in [-0.39, 0.29) is 18.0 Å². The van der Waals surface area contributed by atoms with Crippen LogP contribution in [-0.2, 0) is 9.59 Å². The second kappa shape index (κ2) is 11.0. The number of benzene rings is 2. The Morgan fingerprint density at radius 2 is 1.90 bits per heavy atom. The maximum Gasteiger partial charge on any atom is 0.305 e. The number of carbonyl (C=O) groups excluding carboxylic acids is 2. The van der Waals surface area contributed by atoms with Gasteiger partial charge in [0.15, 0.2) is 0 Å². The van der Waals surface area contributed by atoms with Gasteiger partial charge in [0, 0.05) is 11.3 Å². The molecule has 0 radical (unpaired) electrons. The van der Waals surface area contributed by atoms with E-state index in [1.807, 2.05) is 0 Å². The molecule has 158 valence electrons. The second-order valence-electron chi connectivity index (χ2n) is 6.08. The maximum atomic E-state index is 12.3. The summed E-state index contributed by atoms with van der Waals surface area (Å²) >= 11 is 11.9. The lowest BCUT2D eigenvalue weighted by atomic mass is 10.0. The summed E-state index contributed by atoms with van der Waals surface area (Å²) in [6.07, 6.45) is 0.893. The summed E-state index contributed by atoms with van der Waals surface area (Å²) in [7, 11) is 0. The van der Waals surface area contributed by atoms with E-state index in [0.717, 1.165) is 0 Å². The molecule has 0 aromatic heterocycles. The molecule has 0 aliphatic rings. The number of hydrogen-bond donors (Lipinski definition) is 5. The summed E-state index contributed by atoms with van der Waals surface area (Å²) in [4.78, 5) is 35.7. The molecule has 2 rings (SSSR count). The Balaban J connectivity index is 2.00. The van der Waals surface area contributed by atoms with E-state index in [4.69, 9.17) is 34.2 Å². The minimum Gasteiger partial charge on any atom is -0.481 e. The third-order valence-corrected chi connectivity index (χ3v) is 4.64. The van der Waals surface area contributed by atoms with Crippen molar-refractivity contribution in [1.82, 2.24) is 10.6 Å². The number of rotatable bonds is 9. The fourth-order valence-corrected chi connectivity index (χ4v) is 2.83. The number of carboxylic acids is 1. The minimum atomic E-state index is -1.11. The number of carboxylic acid groups (broad SMARTS) is 1. The van der Waals surface area contributed by atoms with Crippen LogP contribution in [0.2, 0.25) is 10.0 Å². The monoisotopic (exact) mass is 451 g/mol. The van der Waals surface area contributed by atoms with Crippen molar-refractivity contribution in [1.29, 1.82) is 0 Å². The van der Waals surface area contributed by atoms with Crippen LogP contribution in [0.3, 0.4) is 0 Å². The Labute approximate surface area is 182 Å². The molecule has 2 aromatic carbocycles. The van der Waals surface area contributed by atoms with Crippen LogP contribution >= 0.6 is 23.2 Å². The lowest BCUT2D eigenvalue weighted by molar-refractivity contribution is -0.137. The van der Waals surface area contributed by atoms with E-state index in [9.17, 15) is 14.4 Å². The molecule has 0 bridgehead atoms. The Hall–Kier alpha value is -3.30. The molecule has 6 N–H and O–H groups in total. The molecule has 11 heteroatoms. The number of nitrogens with zero attached hydrogens (tertiary/aromatic N) is 1. The lowest BCUT2D eigenvalue weighted by Crippen LogP contribution is -2.39. The second-order valence-corrected chi connectivity index (χ2v) is 6.89. The highest BCUT2D eigenvalue weighted by molar-refractivity contribution is 6.42. The SMILES string of the molecule is NN=CNc1cccc(C(=O)NCC(=O)NC(CC(=O)O)c2ccc(Cl)c(Cl)c2)c1. The number of nitrogens with two attached hydrogens (primary N) is 1. The summed E-state index contributed by atoms with van der Waals surface area (Å²) < 4.78 is 0. The van der Waals surface area contributed by atoms with E-state index < -0.39 is 23.8 Å². The van der Waals surface area contributed by atoms with Crippen molar-refractivity contribution in [3.8, 4) is 0 Å². The standard InChI is InChI=1S/C19H19Cl2N5O4/c20-14-5-4-11(7-15(14)21)16(8-18(28)29)26-17(27)9-23-19(30)12-2-1-3-13(6-12)24-10-25-22/h1-7,10,16H,8-9,22H2,(H,23,30)(H,24,25)(H,26,27)(H,28,29). The highest BCUT2D eigenvalue weighted by Gasteiger charge is 2.19. The maximum absolute atomic E-state index is 12.3. The smallest absolute Gasteiger partial charge is 0.305 e. The minimum absolute atomic E-state index is 0.236. The van der Waals surface area contributed by atoms with Crippen LogP contribution in [0.1, 0.15) is 28.4 Å². The van der Waals surface area contributed by atoms with Gasteiger partial charge in [0.1, 0.15) is 6.34 Å². The molecule has 1 atom stereocenters. The fraction of sp³-hybridized carbons (Fsp3) is 0.158. The van der Waals surface area contributed by atoms with Gasteiger partial charge >= 0.3 is 5.97 Å². The van der Waals surface area contributed by atoms with Crippen LogP contribution in [0.25, 0.3) is 0 Å². The predicted molar refractivity (Wildman–Crippen MR) is 115 cm³/mol. The number of hydrazone groups is 1. The Morgan fingerprint density at radius 3 is 2.57 bits per heavy atom. The predicted octanol–water partition coefficient (Wildman–Crippen LogP) is 2.37. The van der Waals surface area contributed by atoms with Gasteiger partial charge < -0.3 is 26.9 Å². The van der Waals surface area contributed by atoms with Crippen LogP contribution in [0, 0.1) is 0 Å². The molecule has 0 aliphatic carbocycles. The summed E-state index contributed by atoms with van der Waals surface area (Å²) in [5.74, 6) is 2.86. The molecule has 30 heavy (non-hydrogen) atoms. The van der Waals surface area contributed by atoms with Crippen LogP contribution in [0.15, 0.2) is 47.6 Å². The topological polar surface area (TPSA) is 146 Å². The number of halogens is 2. The summed E-state index contributed by atoms with van der Waals surface area (Å²) in [5, 5.41) is 20.8.